The normalized spacial score (nSPS) is 12.2. The molecule has 0 fully saturated rings. The van der Waals surface area contributed by atoms with E-state index in [2.05, 4.69) is 24.1 Å². The second kappa shape index (κ2) is 7.89. The SMILES string of the molecule is C#CCCC/C=C\CC(C)C#N. The number of allylic oxidation sites excluding steroid dienone is 2. The van der Waals surface area contributed by atoms with Gasteiger partial charge in [0.15, 0.2) is 0 Å². The lowest BCUT2D eigenvalue weighted by atomic mass is 10.1. The molecule has 12 heavy (non-hydrogen) atoms. The van der Waals surface area contributed by atoms with E-state index in [4.69, 9.17) is 11.7 Å². The van der Waals surface area contributed by atoms with Crippen molar-refractivity contribution in [2.45, 2.75) is 32.6 Å². The highest BCUT2D eigenvalue weighted by Gasteiger charge is 1.92. The first kappa shape index (κ1) is 10.8. The fourth-order valence-corrected chi connectivity index (χ4v) is 0.793. The Balaban J connectivity index is 3.28. The van der Waals surface area contributed by atoms with Gasteiger partial charge in [0.25, 0.3) is 0 Å². The van der Waals surface area contributed by atoms with Gasteiger partial charge in [-0.15, -0.1) is 12.3 Å². The van der Waals surface area contributed by atoms with Gasteiger partial charge < -0.3 is 0 Å². The van der Waals surface area contributed by atoms with Crippen LogP contribution in [0, 0.1) is 29.6 Å². The van der Waals surface area contributed by atoms with Crippen molar-refractivity contribution in [1.29, 1.82) is 5.26 Å². The maximum atomic E-state index is 8.47. The number of terminal acetylenes is 1. The predicted octanol–water partition coefficient (Wildman–Crippen LogP) is 2.90. The van der Waals surface area contributed by atoms with Gasteiger partial charge in [-0.2, -0.15) is 5.26 Å². The molecule has 1 nitrogen and oxygen atoms in total. The van der Waals surface area contributed by atoms with E-state index in [1.165, 1.54) is 0 Å². The van der Waals surface area contributed by atoms with Gasteiger partial charge in [-0.05, 0) is 26.2 Å². The standard InChI is InChI=1S/C11H15N/c1-3-4-5-6-7-8-9-11(2)10-12/h1,7-8,11H,4-6,9H2,2H3/b8-7-. The average molecular weight is 161 g/mol. The molecular weight excluding hydrogens is 146 g/mol. The van der Waals surface area contributed by atoms with Gasteiger partial charge >= 0.3 is 0 Å². The average Bonchev–Trinajstić information content (AvgIpc) is 2.10. The van der Waals surface area contributed by atoms with Gasteiger partial charge in [-0.25, -0.2) is 0 Å². The summed E-state index contributed by atoms with van der Waals surface area (Å²) in [4.78, 5) is 0. The van der Waals surface area contributed by atoms with Crippen LogP contribution in [-0.2, 0) is 0 Å². The van der Waals surface area contributed by atoms with Gasteiger partial charge in [0.2, 0.25) is 0 Å². The zero-order valence-electron chi connectivity index (χ0n) is 7.59. The Morgan fingerprint density at radius 2 is 2.25 bits per heavy atom. The molecule has 0 radical (unpaired) electrons. The van der Waals surface area contributed by atoms with Gasteiger partial charge in [0, 0.05) is 12.3 Å². The number of hydrogen-bond donors (Lipinski definition) is 0. The van der Waals surface area contributed by atoms with E-state index in [0.717, 1.165) is 25.7 Å². The third kappa shape index (κ3) is 6.90. The van der Waals surface area contributed by atoms with Crippen LogP contribution in [0.4, 0.5) is 0 Å². The van der Waals surface area contributed by atoms with Crippen LogP contribution in [0.3, 0.4) is 0 Å². The Morgan fingerprint density at radius 3 is 2.83 bits per heavy atom. The Kier molecular flexibility index (Phi) is 7.10. The minimum absolute atomic E-state index is 0.133. The molecule has 0 saturated carbocycles. The molecule has 0 amide bonds. The Morgan fingerprint density at radius 1 is 1.50 bits per heavy atom. The molecule has 1 unspecified atom stereocenters. The molecule has 0 aliphatic rings. The fraction of sp³-hybridized carbons (Fsp3) is 0.545. The molecule has 64 valence electrons. The Bertz CT molecular complexity index is 202. The lowest BCUT2D eigenvalue weighted by Crippen LogP contribution is -1.84. The van der Waals surface area contributed by atoms with Gasteiger partial charge in [-0.1, -0.05) is 12.2 Å². The number of nitrogens with zero attached hydrogens (tertiary/aromatic N) is 1. The first-order valence-electron chi connectivity index (χ1n) is 4.29. The quantitative estimate of drug-likeness (QED) is 0.345. The zero-order chi connectivity index (χ0) is 9.23. The van der Waals surface area contributed by atoms with Crippen molar-refractivity contribution >= 4 is 0 Å². The number of unbranched alkanes of at least 4 members (excludes halogenated alkanes) is 2. The predicted molar refractivity (Wildman–Crippen MR) is 51.2 cm³/mol. The van der Waals surface area contributed by atoms with Crippen molar-refractivity contribution in [3.8, 4) is 18.4 Å². The topological polar surface area (TPSA) is 23.8 Å². The third-order valence-corrected chi connectivity index (χ3v) is 1.57. The molecule has 1 heteroatoms. The monoisotopic (exact) mass is 161 g/mol. The van der Waals surface area contributed by atoms with Crippen LogP contribution in [-0.4, -0.2) is 0 Å². The molecule has 0 aliphatic carbocycles. The molecule has 1 atom stereocenters. The fourth-order valence-electron chi connectivity index (χ4n) is 0.793. The maximum absolute atomic E-state index is 8.47. The molecule has 0 heterocycles. The second-order valence-corrected chi connectivity index (χ2v) is 2.83. The van der Waals surface area contributed by atoms with Gasteiger partial charge in [0.05, 0.1) is 6.07 Å². The molecular formula is C11H15N. The summed E-state index contributed by atoms with van der Waals surface area (Å²) in [6.07, 6.45) is 13.0. The van der Waals surface area contributed by atoms with Crippen molar-refractivity contribution in [1.82, 2.24) is 0 Å². The van der Waals surface area contributed by atoms with Crippen molar-refractivity contribution in [3.63, 3.8) is 0 Å². The van der Waals surface area contributed by atoms with Gasteiger partial charge in [0.1, 0.15) is 0 Å². The highest BCUT2D eigenvalue weighted by Crippen LogP contribution is 2.02. The van der Waals surface area contributed by atoms with Crippen molar-refractivity contribution in [2.24, 2.45) is 5.92 Å². The van der Waals surface area contributed by atoms with Gasteiger partial charge in [-0.3, -0.25) is 0 Å². The van der Waals surface area contributed by atoms with Crippen LogP contribution in [0.25, 0.3) is 0 Å². The van der Waals surface area contributed by atoms with Crippen LogP contribution < -0.4 is 0 Å². The summed E-state index contributed by atoms with van der Waals surface area (Å²) in [5.74, 6) is 2.73. The van der Waals surface area contributed by atoms with Crippen LogP contribution in [0.15, 0.2) is 12.2 Å². The highest BCUT2D eigenvalue weighted by molar-refractivity contribution is 4.91. The van der Waals surface area contributed by atoms with Crippen molar-refractivity contribution < 1.29 is 0 Å². The second-order valence-electron chi connectivity index (χ2n) is 2.83. The van der Waals surface area contributed by atoms with Crippen molar-refractivity contribution in [3.05, 3.63) is 12.2 Å². The van der Waals surface area contributed by atoms with Crippen LogP contribution in [0.1, 0.15) is 32.6 Å². The minimum Gasteiger partial charge on any atom is -0.198 e. The largest absolute Gasteiger partial charge is 0.198 e. The molecule has 0 rings (SSSR count). The van der Waals surface area contributed by atoms with Crippen molar-refractivity contribution in [2.75, 3.05) is 0 Å². The van der Waals surface area contributed by atoms with E-state index >= 15 is 0 Å². The summed E-state index contributed by atoms with van der Waals surface area (Å²) in [5.41, 5.74) is 0. The molecule has 0 aliphatic heterocycles. The zero-order valence-corrected chi connectivity index (χ0v) is 7.59. The van der Waals surface area contributed by atoms with E-state index in [1.54, 1.807) is 0 Å². The summed E-state index contributed by atoms with van der Waals surface area (Å²) >= 11 is 0. The van der Waals surface area contributed by atoms with E-state index in [-0.39, 0.29) is 5.92 Å². The maximum Gasteiger partial charge on any atom is 0.0656 e. The molecule has 0 spiro atoms. The summed E-state index contributed by atoms with van der Waals surface area (Å²) in [7, 11) is 0. The van der Waals surface area contributed by atoms with Crippen LogP contribution in [0.2, 0.25) is 0 Å². The van der Waals surface area contributed by atoms with E-state index < -0.39 is 0 Å². The first-order valence-corrected chi connectivity index (χ1v) is 4.29. The summed E-state index contributed by atoms with van der Waals surface area (Å²) in [6.45, 7) is 1.92. The molecule has 0 N–H and O–H groups in total. The number of nitriles is 1. The molecule has 0 aromatic heterocycles. The highest BCUT2D eigenvalue weighted by atomic mass is 14.2. The van der Waals surface area contributed by atoms with E-state index in [0.29, 0.717) is 0 Å². The van der Waals surface area contributed by atoms with Crippen LogP contribution in [0.5, 0.6) is 0 Å². The molecule has 0 saturated heterocycles. The summed E-state index contributed by atoms with van der Waals surface area (Å²) < 4.78 is 0. The molecule has 0 aromatic rings. The lowest BCUT2D eigenvalue weighted by molar-refractivity contribution is 0.755. The minimum atomic E-state index is 0.133. The first-order chi connectivity index (χ1) is 5.81. The molecule has 0 bridgehead atoms. The van der Waals surface area contributed by atoms with Crippen LogP contribution >= 0.6 is 0 Å². The molecule has 0 aromatic carbocycles. The summed E-state index contributed by atoms with van der Waals surface area (Å²) in [5, 5.41) is 8.47. The number of hydrogen-bond acceptors (Lipinski definition) is 1. The Labute approximate surface area is 75.1 Å². The smallest absolute Gasteiger partial charge is 0.0656 e. The summed E-state index contributed by atoms with van der Waals surface area (Å²) in [6, 6.07) is 2.18. The number of rotatable bonds is 5. The van der Waals surface area contributed by atoms with E-state index in [1.807, 2.05) is 6.92 Å². The van der Waals surface area contributed by atoms with E-state index in [9.17, 15) is 0 Å². The third-order valence-electron chi connectivity index (χ3n) is 1.57. The Hall–Kier alpha value is -1.21. The lowest BCUT2D eigenvalue weighted by Gasteiger charge is -1.93.